The zero-order chi connectivity index (χ0) is 27.0. The van der Waals surface area contributed by atoms with E-state index in [-0.39, 0.29) is 23.5 Å². The van der Waals surface area contributed by atoms with Crippen LogP contribution in [0.3, 0.4) is 0 Å². The van der Waals surface area contributed by atoms with Gasteiger partial charge in [-0.3, -0.25) is 14.4 Å². The molecule has 1 fully saturated rings. The predicted molar refractivity (Wildman–Crippen MR) is 143 cm³/mol. The van der Waals surface area contributed by atoms with Crippen LogP contribution in [0, 0.1) is 5.82 Å². The van der Waals surface area contributed by atoms with E-state index in [0.29, 0.717) is 46.4 Å². The molecule has 5 rings (SSSR count). The van der Waals surface area contributed by atoms with E-state index in [1.165, 1.54) is 17.0 Å². The molecule has 4 aromatic rings. The molecule has 1 atom stereocenters. The number of halogens is 1. The highest BCUT2D eigenvalue weighted by molar-refractivity contribution is 6.12. The molecular formula is C30H28FN3O4. The first-order valence-corrected chi connectivity index (χ1v) is 12.5. The number of furan rings is 1. The Bertz CT molecular complexity index is 1540. The molecule has 7 nitrogen and oxygen atoms in total. The number of carbonyl (C=O) groups excluding carboxylic acids is 3. The van der Waals surface area contributed by atoms with Gasteiger partial charge in [-0.25, -0.2) is 4.39 Å². The SMILES string of the molecule is CNC(=O)c1c(-c2ccc(F)cc2)oc2ccc(-c3cccc(C(=O)N4CCC[C@H]4C(=O)N(C)C)c3)cc12. The summed E-state index contributed by atoms with van der Waals surface area (Å²) >= 11 is 0. The second-order valence-electron chi connectivity index (χ2n) is 9.57. The standard InChI is InChI=1S/C30H28FN3O4/c1-32-28(35)26-23-17-20(11-14-25(23)38-27(26)18-9-12-22(31)13-10-18)19-6-4-7-21(16-19)29(36)34-15-5-8-24(34)30(37)33(2)3/h4,6-7,9-14,16-17,24H,5,8,15H2,1-3H3,(H,32,35)/t24-/m0/s1. The van der Waals surface area contributed by atoms with Crippen molar-refractivity contribution in [2.75, 3.05) is 27.7 Å². The summed E-state index contributed by atoms with van der Waals surface area (Å²) in [6.07, 6.45) is 1.43. The van der Waals surface area contributed by atoms with Gasteiger partial charge in [0.25, 0.3) is 11.8 Å². The van der Waals surface area contributed by atoms with Crippen molar-refractivity contribution in [2.45, 2.75) is 18.9 Å². The fourth-order valence-electron chi connectivity index (χ4n) is 4.99. The van der Waals surface area contributed by atoms with Gasteiger partial charge in [-0.1, -0.05) is 18.2 Å². The Morgan fingerprint density at radius 2 is 1.68 bits per heavy atom. The van der Waals surface area contributed by atoms with Crippen molar-refractivity contribution >= 4 is 28.7 Å². The second-order valence-corrected chi connectivity index (χ2v) is 9.57. The highest BCUT2D eigenvalue weighted by Crippen LogP contribution is 2.36. The number of likely N-dealkylation sites (N-methyl/N-ethyl adjacent to an activating group) is 1. The van der Waals surface area contributed by atoms with Crippen LogP contribution < -0.4 is 5.32 Å². The molecule has 0 aliphatic carbocycles. The van der Waals surface area contributed by atoms with E-state index < -0.39 is 6.04 Å². The zero-order valence-electron chi connectivity index (χ0n) is 21.5. The van der Waals surface area contributed by atoms with Crippen LogP contribution in [-0.2, 0) is 4.79 Å². The van der Waals surface area contributed by atoms with Gasteiger partial charge in [-0.05, 0) is 72.5 Å². The quantitative estimate of drug-likeness (QED) is 0.409. The van der Waals surface area contributed by atoms with Gasteiger partial charge in [0.2, 0.25) is 5.91 Å². The summed E-state index contributed by atoms with van der Waals surface area (Å²) in [5.41, 5.74) is 3.53. The Morgan fingerprint density at radius 1 is 0.974 bits per heavy atom. The molecular weight excluding hydrogens is 485 g/mol. The number of hydrogen-bond acceptors (Lipinski definition) is 4. The molecule has 2 heterocycles. The molecule has 0 bridgehead atoms. The van der Waals surface area contributed by atoms with E-state index >= 15 is 0 Å². The lowest BCUT2D eigenvalue weighted by molar-refractivity contribution is -0.132. The molecule has 0 spiro atoms. The van der Waals surface area contributed by atoms with Crippen LogP contribution in [0.15, 0.2) is 71.1 Å². The van der Waals surface area contributed by atoms with E-state index in [1.807, 2.05) is 24.3 Å². The fraction of sp³-hybridized carbons (Fsp3) is 0.233. The molecule has 1 N–H and O–H groups in total. The highest BCUT2D eigenvalue weighted by atomic mass is 19.1. The summed E-state index contributed by atoms with van der Waals surface area (Å²) < 4.78 is 19.5. The Kier molecular flexibility index (Phi) is 6.72. The third-order valence-electron chi connectivity index (χ3n) is 6.93. The maximum atomic E-state index is 13.5. The maximum absolute atomic E-state index is 13.5. The van der Waals surface area contributed by atoms with Crippen molar-refractivity contribution in [3.8, 4) is 22.5 Å². The van der Waals surface area contributed by atoms with Gasteiger partial charge in [-0.2, -0.15) is 0 Å². The van der Waals surface area contributed by atoms with E-state index in [0.717, 1.165) is 17.5 Å². The molecule has 0 unspecified atom stereocenters. The summed E-state index contributed by atoms with van der Waals surface area (Å²) in [6.45, 7) is 0.538. The molecule has 1 aromatic heterocycles. The fourth-order valence-corrected chi connectivity index (χ4v) is 4.99. The molecule has 0 saturated carbocycles. The van der Waals surface area contributed by atoms with E-state index in [9.17, 15) is 18.8 Å². The topological polar surface area (TPSA) is 82.9 Å². The number of nitrogens with zero attached hydrogens (tertiary/aromatic N) is 2. The third-order valence-corrected chi connectivity index (χ3v) is 6.93. The number of hydrogen-bond donors (Lipinski definition) is 1. The summed E-state index contributed by atoms with van der Waals surface area (Å²) in [5.74, 6) is -0.607. The van der Waals surface area contributed by atoms with Gasteiger partial charge >= 0.3 is 0 Å². The van der Waals surface area contributed by atoms with Gasteiger partial charge in [0, 0.05) is 44.2 Å². The Hall–Kier alpha value is -4.46. The van der Waals surface area contributed by atoms with Crippen LogP contribution in [-0.4, -0.2) is 61.3 Å². The minimum atomic E-state index is -0.455. The van der Waals surface area contributed by atoms with Crippen LogP contribution in [0.4, 0.5) is 4.39 Å². The first-order valence-electron chi connectivity index (χ1n) is 12.5. The van der Waals surface area contributed by atoms with Crippen molar-refractivity contribution in [1.29, 1.82) is 0 Å². The van der Waals surface area contributed by atoms with Crippen LogP contribution in [0.1, 0.15) is 33.6 Å². The minimum Gasteiger partial charge on any atom is -0.455 e. The lowest BCUT2D eigenvalue weighted by atomic mass is 9.98. The van der Waals surface area contributed by atoms with Crippen molar-refractivity contribution in [1.82, 2.24) is 15.1 Å². The molecule has 1 aliphatic heterocycles. The average molecular weight is 514 g/mol. The normalized spacial score (nSPS) is 15.1. The molecule has 3 amide bonds. The lowest BCUT2D eigenvalue weighted by Gasteiger charge is -2.26. The summed E-state index contributed by atoms with van der Waals surface area (Å²) in [4.78, 5) is 42.1. The van der Waals surface area contributed by atoms with Crippen LogP contribution in [0.25, 0.3) is 33.4 Å². The molecule has 1 aliphatic rings. The van der Waals surface area contributed by atoms with E-state index in [1.54, 1.807) is 56.4 Å². The summed E-state index contributed by atoms with van der Waals surface area (Å²) in [5, 5.41) is 3.27. The number of amides is 3. The van der Waals surface area contributed by atoms with Crippen molar-refractivity contribution in [2.24, 2.45) is 0 Å². The van der Waals surface area contributed by atoms with Gasteiger partial charge in [-0.15, -0.1) is 0 Å². The maximum Gasteiger partial charge on any atom is 0.255 e. The number of carbonyl (C=O) groups is 3. The van der Waals surface area contributed by atoms with Gasteiger partial charge < -0.3 is 19.5 Å². The number of rotatable bonds is 5. The molecule has 3 aromatic carbocycles. The molecule has 194 valence electrons. The molecule has 0 radical (unpaired) electrons. The number of likely N-dealkylation sites (tertiary alicyclic amines) is 1. The molecule has 38 heavy (non-hydrogen) atoms. The largest absolute Gasteiger partial charge is 0.455 e. The third kappa shape index (κ3) is 4.53. The molecule has 8 heteroatoms. The Labute approximate surface area is 219 Å². The Morgan fingerprint density at radius 3 is 2.39 bits per heavy atom. The highest BCUT2D eigenvalue weighted by Gasteiger charge is 2.35. The van der Waals surface area contributed by atoms with Gasteiger partial charge in [0.15, 0.2) is 0 Å². The first kappa shape index (κ1) is 25.2. The summed E-state index contributed by atoms with van der Waals surface area (Å²) in [6, 6.07) is 18.1. The van der Waals surface area contributed by atoms with E-state index in [4.69, 9.17) is 4.42 Å². The van der Waals surface area contributed by atoms with Crippen molar-refractivity contribution in [3.05, 3.63) is 83.7 Å². The second kappa shape index (κ2) is 10.1. The van der Waals surface area contributed by atoms with Crippen LogP contribution >= 0.6 is 0 Å². The monoisotopic (exact) mass is 513 g/mol. The Balaban J connectivity index is 1.53. The number of nitrogens with one attached hydrogen (secondary N) is 1. The van der Waals surface area contributed by atoms with Crippen LogP contribution in [0.5, 0.6) is 0 Å². The number of benzene rings is 3. The molecule has 1 saturated heterocycles. The minimum absolute atomic E-state index is 0.0731. The smallest absolute Gasteiger partial charge is 0.255 e. The predicted octanol–water partition coefficient (Wildman–Crippen LogP) is 4.96. The lowest BCUT2D eigenvalue weighted by Crippen LogP contribution is -2.45. The average Bonchev–Trinajstić information content (AvgIpc) is 3.57. The van der Waals surface area contributed by atoms with E-state index in [2.05, 4.69) is 5.32 Å². The number of fused-ring (bicyclic) bond motifs is 1. The van der Waals surface area contributed by atoms with Crippen molar-refractivity contribution < 1.29 is 23.2 Å². The zero-order valence-corrected chi connectivity index (χ0v) is 21.5. The van der Waals surface area contributed by atoms with Crippen LogP contribution in [0.2, 0.25) is 0 Å². The van der Waals surface area contributed by atoms with Crippen molar-refractivity contribution in [3.63, 3.8) is 0 Å². The summed E-state index contributed by atoms with van der Waals surface area (Å²) in [7, 11) is 4.94. The van der Waals surface area contributed by atoms with Gasteiger partial charge in [0.1, 0.15) is 23.2 Å². The first-order chi connectivity index (χ1) is 18.3. The van der Waals surface area contributed by atoms with Gasteiger partial charge in [0.05, 0.1) is 5.56 Å².